The average Bonchev–Trinajstić information content (AvgIpc) is 2.66. The minimum Gasteiger partial charge on any atom is -0.343 e. The Kier molecular flexibility index (Phi) is 7.69. The van der Waals surface area contributed by atoms with Gasteiger partial charge >= 0.3 is 0 Å². The summed E-state index contributed by atoms with van der Waals surface area (Å²) in [5.74, 6) is -1.14. The Balaban J connectivity index is 1.85. The third-order valence-corrected chi connectivity index (χ3v) is 4.83. The molecule has 8 heteroatoms. The van der Waals surface area contributed by atoms with Gasteiger partial charge in [0.2, 0.25) is 11.8 Å². The Labute approximate surface area is 167 Å². The van der Waals surface area contributed by atoms with Crippen LogP contribution in [0.2, 0.25) is 5.02 Å². The minimum atomic E-state index is -0.444. The summed E-state index contributed by atoms with van der Waals surface area (Å²) in [6.07, 6.45) is 1.92. The number of para-hydroxylation sites is 1. The molecule has 0 heterocycles. The Bertz CT molecular complexity index is 844. The average molecular weight is 406 g/mol. The Morgan fingerprint density at radius 2 is 1.74 bits per heavy atom. The number of likely N-dealkylation sites (N-methyl/N-ethyl adjacent to an activating group) is 1. The van der Waals surface area contributed by atoms with E-state index in [1.54, 1.807) is 30.3 Å². The zero-order valence-corrected chi connectivity index (χ0v) is 16.6. The van der Waals surface area contributed by atoms with Gasteiger partial charge in [-0.1, -0.05) is 35.9 Å². The van der Waals surface area contributed by atoms with Crippen molar-refractivity contribution < 1.29 is 14.4 Å². The SMILES string of the molecule is CSc1ccccc1NC(=O)CN(C)C(=O)CNC(=O)c1ccccc1Cl. The number of carbonyl (C=O) groups excluding carboxylic acids is 3. The minimum absolute atomic E-state index is 0.122. The van der Waals surface area contributed by atoms with E-state index in [2.05, 4.69) is 10.6 Å². The Morgan fingerprint density at radius 3 is 2.44 bits per heavy atom. The highest BCUT2D eigenvalue weighted by atomic mass is 35.5. The quantitative estimate of drug-likeness (QED) is 0.694. The summed E-state index contributed by atoms with van der Waals surface area (Å²) in [5, 5.41) is 5.61. The molecule has 2 rings (SSSR count). The van der Waals surface area contributed by atoms with Crippen molar-refractivity contribution in [2.75, 3.05) is 31.7 Å². The van der Waals surface area contributed by atoms with E-state index in [1.165, 1.54) is 23.7 Å². The van der Waals surface area contributed by atoms with Crippen LogP contribution in [0.3, 0.4) is 0 Å². The molecule has 0 aliphatic carbocycles. The van der Waals surface area contributed by atoms with E-state index in [9.17, 15) is 14.4 Å². The van der Waals surface area contributed by atoms with Gasteiger partial charge < -0.3 is 15.5 Å². The number of carbonyl (C=O) groups is 3. The molecule has 2 N–H and O–H groups in total. The number of nitrogens with zero attached hydrogens (tertiary/aromatic N) is 1. The van der Waals surface area contributed by atoms with Crippen LogP contribution in [0.5, 0.6) is 0 Å². The molecule has 6 nitrogen and oxygen atoms in total. The summed E-state index contributed by atoms with van der Waals surface area (Å²) in [6.45, 7) is -0.348. The number of benzene rings is 2. The number of halogens is 1. The molecule has 0 atom stereocenters. The van der Waals surface area contributed by atoms with Gasteiger partial charge in [-0.2, -0.15) is 0 Å². The highest BCUT2D eigenvalue weighted by Gasteiger charge is 2.16. The van der Waals surface area contributed by atoms with Crippen LogP contribution in [-0.2, 0) is 9.59 Å². The number of hydrogen-bond donors (Lipinski definition) is 2. The van der Waals surface area contributed by atoms with Gasteiger partial charge in [-0.05, 0) is 30.5 Å². The second-order valence-electron chi connectivity index (χ2n) is 5.66. The monoisotopic (exact) mass is 405 g/mol. The van der Waals surface area contributed by atoms with Gasteiger partial charge in [0.15, 0.2) is 0 Å². The molecule has 2 aromatic carbocycles. The third kappa shape index (κ3) is 6.01. The highest BCUT2D eigenvalue weighted by Crippen LogP contribution is 2.24. The molecule has 2 aromatic rings. The van der Waals surface area contributed by atoms with Crippen molar-refractivity contribution in [2.24, 2.45) is 0 Å². The van der Waals surface area contributed by atoms with Crippen LogP contribution in [0.25, 0.3) is 0 Å². The van der Waals surface area contributed by atoms with E-state index in [1.807, 2.05) is 24.5 Å². The number of thioether (sulfide) groups is 1. The number of rotatable bonds is 7. The maximum absolute atomic E-state index is 12.2. The van der Waals surface area contributed by atoms with Crippen molar-refractivity contribution in [1.29, 1.82) is 0 Å². The van der Waals surface area contributed by atoms with E-state index in [4.69, 9.17) is 11.6 Å². The fourth-order valence-electron chi connectivity index (χ4n) is 2.27. The summed E-state index contributed by atoms with van der Waals surface area (Å²) < 4.78 is 0. The molecule has 0 aliphatic rings. The van der Waals surface area contributed by atoms with Crippen LogP contribution in [0, 0.1) is 0 Å². The fourth-order valence-corrected chi connectivity index (χ4v) is 3.05. The van der Waals surface area contributed by atoms with Crippen LogP contribution in [0.1, 0.15) is 10.4 Å². The first-order valence-electron chi connectivity index (χ1n) is 8.12. The number of nitrogens with one attached hydrogen (secondary N) is 2. The lowest BCUT2D eigenvalue weighted by Gasteiger charge is -2.18. The maximum atomic E-state index is 12.2. The number of amides is 3. The molecule has 3 amide bonds. The van der Waals surface area contributed by atoms with Crippen LogP contribution in [0.15, 0.2) is 53.4 Å². The first-order chi connectivity index (χ1) is 12.9. The normalized spacial score (nSPS) is 10.2. The number of hydrogen-bond acceptors (Lipinski definition) is 4. The van der Waals surface area contributed by atoms with E-state index in [0.717, 1.165) is 4.90 Å². The first-order valence-corrected chi connectivity index (χ1v) is 9.72. The maximum Gasteiger partial charge on any atom is 0.253 e. The van der Waals surface area contributed by atoms with Crippen LogP contribution >= 0.6 is 23.4 Å². The van der Waals surface area contributed by atoms with Crippen LogP contribution in [-0.4, -0.2) is 49.0 Å². The molecule has 0 saturated heterocycles. The molecule has 0 spiro atoms. The second-order valence-corrected chi connectivity index (χ2v) is 6.92. The van der Waals surface area contributed by atoms with Gasteiger partial charge in [-0.15, -0.1) is 11.8 Å². The van der Waals surface area contributed by atoms with Gasteiger partial charge in [0.05, 0.1) is 29.4 Å². The molecular weight excluding hydrogens is 386 g/mol. The molecule has 0 saturated carbocycles. The molecule has 0 radical (unpaired) electrons. The van der Waals surface area contributed by atoms with E-state index >= 15 is 0 Å². The van der Waals surface area contributed by atoms with Crippen molar-refractivity contribution in [3.8, 4) is 0 Å². The summed E-state index contributed by atoms with van der Waals surface area (Å²) in [5.41, 5.74) is 0.990. The van der Waals surface area contributed by atoms with Gasteiger partial charge in [0.1, 0.15) is 0 Å². The van der Waals surface area contributed by atoms with Gasteiger partial charge in [0, 0.05) is 11.9 Å². The van der Waals surface area contributed by atoms with E-state index in [-0.39, 0.29) is 24.9 Å². The molecule has 0 bridgehead atoms. The van der Waals surface area contributed by atoms with E-state index < -0.39 is 5.91 Å². The van der Waals surface area contributed by atoms with Crippen molar-refractivity contribution in [1.82, 2.24) is 10.2 Å². The Hall–Kier alpha value is -2.51. The Morgan fingerprint density at radius 1 is 1.07 bits per heavy atom. The van der Waals surface area contributed by atoms with Crippen molar-refractivity contribution in [2.45, 2.75) is 4.90 Å². The van der Waals surface area contributed by atoms with Gasteiger partial charge in [-0.3, -0.25) is 14.4 Å². The molecule has 0 fully saturated rings. The highest BCUT2D eigenvalue weighted by molar-refractivity contribution is 7.98. The van der Waals surface area contributed by atoms with Crippen molar-refractivity contribution in [3.05, 3.63) is 59.1 Å². The summed E-state index contributed by atoms with van der Waals surface area (Å²) >= 11 is 7.48. The molecule has 27 heavy (non-hydrogen) atoms. The van der Waals surface area contributed by atoms with Gasteiger partial charge in [-0.25, -0.2) is 0 Å². The standard InChI is InChI=1S/C19H20ClN3O3S/c1-23(12-17(24)22-15-9-5-6-10-16(15)27-2)18(25)11-21-19(26)13-7-3-4-8-14(13)20/h3-10H,11-12H2,1-2H3,(H,21,26)(H,22,24). The summed E-state index contributed by atoms with van der Waals surface area (Å²) in [4.78, 5) is 38.6. The lowest BCUT2D eigenvalue weighted by atomic mass is 10.2. The lowest BCUT2D eigenvalue weighted by Crippen LogP contribution is -2.41. The smallest absolute Gasteiger partial charge is 0.253 e. The van der Waals surface area contributed by atoms with Crippen LogP contribution in [0.4, 0.5) is 5.69 Å². The molecule has 0 aromatic heterocycles. The topological polar surface area (TPSA) is 78.5 Å². The predicted molar refractivity (Wildman–Crippen MR) is 108 cm³/mol. The molecular formula is C19H20ClN3O3S. The predicted octanol–water partition coefficient (Wildman–Crippen LogP) is 2.89. The second kappa shape index (κ2) is 9.99. The lowest BCUT2D eigenvalue weighted by molar-refractivity contribution is -0.132. The summed E-state index contributed by atoms with van der Waals surface area (Å²) in [6, 6.07) is 14.0. The molecule has 0 aliphatic heterocycles. The van der Waals surface area contributed by atoms with Crippen molar-refractivity contribution >= 4 is 46.8 Å². The van der Waals surface area contributed by atoms with Crippen LogP contribution < -0.4 is 10.6 Å². The zero-order chi connectivity index (χ0) is 19.8. The van der Waals surface area contributed by atoms with Gasteiger partial charge in [0.25, 0.3) is 5.91 Å². The number of anilines is 1. The van der Waals surface area contributed by atoms with Crippen molar-refractivity contribution in [3.63, 3.8) is 0 Å². The first kappa shape index (κ1) is 20.8. The molecule has 0 unspecified atom stereocenters. The summed E-state index contributed by atoms with van der Waals surface area (Å²) in [7, 11) is 1.50. The van der Waals surface area contributed by atoms with E-state index in [0.29, 0.717) is 16.3 Å². The fraction of sp³-hybridized carbons (Fsp3) is 0.211. The zero-order valence-electron chi connectivity index (χ0n) is 15.0. The molecule has 142 valence electrons. The third-order valence-electron chi connectivity index (χ3n) is 3.71. The largest absolute Gasteiger partial charge is 0.343 e.